The van der Waals surface area contributed by atoms with E-state index in [9.17, 15) is 34.8 Å². The first-order valence-corrected chi connectivity index (χ1v) is 13.0. The van der Waals surface area contributed by atoms with Crippen LogP contribution in [0.15, 0.2) is 30.3 Å². The summed E-state index contributed by atoms with van der Waals surface area (Å²) in [5.74, 6) is 1.52. The maximum Gasteiger partial charge on any atom is 0.364 e. The maximum absolute atomic E-state index is 12.1. The van der Waals surface area contributed by atoms with E-state index in [0.717, 1.165) is 11.5 Å². The highest BCUT2D eigenvalue weighted by Gasteiger charge is 2.55. The molecule has 0 spiro atoms. The Morgan fingerprint density at radius 2 is 1.97 bits per heavy atom. The Morgan fingerprint density at radius 1 is 1.27 bits per heavy atom. The second-order valence-electron chi connectivity index (χ2n) is 8.42. The number of rotatable bonds is 12. The molecule has 2 rings (SSSR count). The van der Waals surface area contributed by atoms with E-state index >= 15 is 0 Å². The number of carbonyl (C=O) groups is 3. The lowest BCUT2D eigenvalue weighted by atomic mass is 9.88. The minimum absolute atomic E-state index is 0.0122. The molecule has 11 nitrogen and oxygen atoms in total. The van der Waals surface area contributed by atoms with Crippen LogP contribution in [0.5, 0.6) is 0 Å². The fourth-order valence-corrected chi connectivity index (χ4v) is 4.33. The van der Waals surface area contributed by atoms with E-state index in [0.29, 0.717) is 12.0 Å². The lowest BCUT2D eigenvalue weighted by molar-refractivity contribution is -0.310. The Hall–Kier alpha value is -2.66. The van der Waals surface area contributed by atoms with Crippen LogP contribution in [0.2, 0.25) is 0 Å². The quantitative estimate of drug-likeness (QED) is 0.150. The minimum Gasteiger partial charge on any atom is -0.477 e. The number of hydrogen-bond donors (Lipinski definition) is 6. The van der Waals surface area contributed by atoms with Crippen LogP contribution in [0.1, 0.15) is 32.3 Å². The van der Waals surface area contributed by atoms with Crippen LogP contribution in [-0.4, -0.2) is 99.1 Å². The van der Waals surface area contributed by atoms with E-state index in [4.69, 9.17) is 9.47 Å². The lowest BCUT2D eigenvalue weighted by Gasteiger charge is -2.46. The molecule has 1 aromatic carbocycles. The minimum atomic E-state index is -2.30. The largest absolute Gasteiger partial charge is 0.477 e. The third-order valence-electron chi connectivity index (χ3n) is 5.54. The Morgan fingerprint density at radius 3 is 2.59 bits per heavy atom. The number of aliphatic hydroxyl groups excluding tert-OH is 3. The molecule has 1 aromatic rings. The molecular weight excluding hydrogens is 504 g/mol. The smallest absolute Gasteiger partial charge is 0.364 e. The van der Waals surface area contributed by atoms with Gasteiger partial charge in [0.25, 0.3) is 11.7 Å². The average Bonchev–Trinajstić information content (AvgIpc) is 2.87. The van der Waals surface area contributed by atoms with Gasteiger partial charge in [0.15, 0.2) is 0 Å². The standard InChI is InChI=1S/C25H34N2O9S/c1-3-37-13-7-12-35-25(24(33)34)14-18(29)21(27-16(2)28)23(36-25)22(32)19(30)15-26-20(31)11-10-17-8-5-4-6-9-17/h4-6,8-9,18-19,21-23,29-30,32H,3,7,12-15H2,1-2H3,(H,26,31)(H,27,28)(H,33,34)/t18-,19+,21+,22+,23?,25+/m0/s1. The van der Waals surface area contributed by atoms with Crippen LogP contribution in [-0.2, 0) is 23.9 Å². The zero-order chi connectivity index (χ0) is 27.4. The highest BCUT2D eigenvalue weighted by atomic mass is 32.2. The second-order valence-corrected chi connectivity index (χ2v) is 9.82. The molecule has 6 atom stereocenters. The van der Waals surface area contributed by atoms with Gasteiger partial charge in [0.05, 0.1) is 24.9 Å². The van der Waals surface area contributed by atoms with Gasteiger partial charge in [0.1, 0.15) is 12.2 Å². The number of aliphatic carboxylic acids is 1. The van der Waals surface area contributed by atoms with Crippen molar-refractivity contribution in [2.45, 2.75) is 62.9 Å². The first kappa shape index (κ1) is 30.6. The topological polar surface area (TPSA) is 175 Å². The van der Waals surface area contributed by atoms with Crippen molar-refractivity contribution in [2.75, 3.05) is 24.7 Å². The molecule has 204 valence electrons. The Kier molecular flexibility index (Phi) is 12.3. The number of hydrogen-bond acceptors (Lipinski definition) is 9. The van der Waals surface area contributed by atoms with Crippen molar-refractivity contribution in [2.24, 2.45) is 0 Å². The monoisotopic (exact) mass is 538 g/mol. The van der Waals surface area contributed by atoms with Gasteiger partial charge in [-0.3, -0.25) is 9.59 Å². The Bertz CT molecular complexity index is 968. The van der Waals surface area contributed by atoms with Crippen molar-refractivity contribution < 1.29 is 44.3 Å². The molecule has 0 aromatic heterocycles. The summed E-state index contributed by atoms with van der Waals surface area (Å²) in [4.78, 5) is 35.9. The number of carbonyl (C=O) groups excluding carboxylic acids is 2. The molecule has 1 unspecified atom stereocenters. The van der Waals surface area contributed by atoms with Gasteiger partial charge in [-0.1, -0.05) is 31.0 Å². The van der Waals surface area contributed by atoms with E-state index in [-0.39, 0.29) is 6.61 Å². The van der Waals surface area contributed by atoms with E-state index in [1.165, 1.54) is 6.92 Å². The fourth-order valence-electron chi connectivity index (χ4n) is 3.72. The molecule has 37 heavy (non-hydrogen) atoms. The summed E-state index contributed by atoms with van der Waals surface area (Å²) in [6, 6.07) is 7.51. The highest BCUT2D eigenvalue weighted by Crippen LogP contribution is 2.33. The number of aliphatic hydroxyl groups is 3. The molecule has 1 aliphatic rings. The highest BCUT2D eigenvalue weighted by molar-refractivity contribution is 7.99. The van der Waals surface area contributed by atoms with Gasteiger partial charge < -0.3 is 40.5 Å². The van der Waals surface area contributed by atoms with Gasteiger partial charge in [-0.15, -0.1) is 0 Å². The zero-order valence-corrected chi connectivity index (χ0v) is 21.6. The number of benzene rings is 1. The van der Waals surface area contributed by atoms with Crippen LogP contribution in [0.3, 0.4) is 0 Å². The van der Waals surface area contributed by atoms with Crippen molar-refractivity contribution in [3.63, 3.8) is 0 Å². The van der Waals surface area contributed by atoms with Crippen LogP contribution >= 0.6 is 11.8 Å². The van der Waals surface area contributed by atoms with Gasteiger partial charge in [-0.25, -0.2) is 4.79 Å². The average molecular weight is 539 g/mol. The van der Waals surface area contributed by atoms with Crippen LogP contribution in [0, 0.1) is 11.8 Å². The number of carboxylic acids is 1. The molecule has 0 bridgehead atoms. The maximum atomic E-state index is 12.1. The number of ether oxygens (including phenoxy) is 2. The number of carboxylic acid groups (broad SMARTS) is 1. The van der Waals surface area contributed by atoms with Crippen molar-refractivity contribution in [1.82, 2.24) is 10.6 Å². The van der Waals surface area contributed by atoms with Gasteiger partial charge in [-0.2, -0.15) is 11.8 Å². The number of amides is 2. The summed E-state index contributed by atoms with van der Waals surface area (Å²) in [7, 11) is 0. The van der Waals surface area contributed by atoms with Crippen molar-refractivity contribution in [1.29, 1.82) is 0 Å². The first-order valence-electron chi connectivity index (χ1n) is 11.9. The fraction of sp³-hybridized carbons (Fsp3) is 0.560. The molecule has 1 saturated heterocycles. The number of nitrogens with one attached hydrogen (secondary N) is 2. The SMILES string of the molecule is CCSCCCO[C@]1(C(=O)O)C[C@H](O)[C@@H](NC(C)=O)C([C@H](O)[C@H](O)CNC(=O)C#Cc2ccccc2)O1. The number of thioether (sulfide) groups is 1. The van der Waals surface area contributed by atoms with Crippen molar-refractivity contribution >= 4 is 29.5 Å². The molecule has 1 fully saturated rings. The summed E-state index contributed by atoms with van der Waals surface area (Å²) in [5, 5.41) is 46.8. The first-order chi connectivity index (χ1) is 17.6. The van der Waals surface area contributed by atoms with Crippen molar-refractivity contribution in [3.05, 3.63) is 35.9 Å². The molecular formula is C25H34N2O9S. The molecule has 0 radical (unpaired) electrons. The van der Waals surface area contributed by atoms with Crippen LogP contribution < -0.4 is 10.6 Å². The predicted molar refractivity (Wildman–Crippen MR) is 135 cm³/mol. The normalized spacial score (nSPS) is 24.7. The molecule has 6 N–H and O–H groups in total. The summed E-state index contributed by atoms with van der Waals surface area (Å²) >= 11 is 1.65. The van der Waals surface area contributed by atoms with E-state index in [1.54, 1.807) is 42.1 Å². The lowest BCUT2D eigenvalue weighted by Crippen LogP contribution is -2.68. The van der Waals surface area contributed by atoms with Crippen molar-refractivity contribution in [3.8, 4) is 11.8 Å². The Labute approximate surface area is 219 Å². The van der Waals surface area contributed by atoms with Gasteiger partial charge in [-0.05, 0) is 30.1 Å². The van der Waals surface area contributed by atoms with Crippen LogP contribution in [0.4, 0.5) is 0 Å². The molecule has 0 aliphatic carbocycles. The third kappa shape index (κ3) is 9.30. The molecule has 1 aliphatic heterocycles. The molecule has 0 saturated carbocycles. The molecule has 1 heterocycles. The zero-order valence-electron chi connectivity index (χ0n) is 20.8. The summed E-state index contributed by atoms with van der Waals surface area (Å²) in [6.07, 6.45) is -6.51. The summed E-state index contributed by atoms with van der Waals surface area (Å²) in [6.45, 7) is 2.72. The van der Waals surface area contributed by atoms with E-state index < -0.39 is 67.0 Å². The predicted octanol–water partition coefficient (Wildman–Crippen LogP) is -0.529. The molecule has 12 heteroatoms. The second kappa shape index (κ2) is 14.9. The van der Waals surface area contributed by atoms with Gasteiger partial charge >= 0.3 is 5.97 Å². The van der Waals surface area contributed by atoms with Gasteiger partial charge in [0.2, 0.25) is 5.91 Å². The van der Waals surface area contributed by atoms with E-state index in [2.05, 4.69) is 22.5 Å². The van der Waals surface area contributed by atoms with E-state index in [1.807, 2.05) is 6.92 Å². The molecule has 2 amide bonds. The van der Waals surface area contributed by atoms with Crippen LogP contribution in [0.25, 0.3) is 0 Å². The Balaban J connectivity index is 2.12. The third-order valence-corrected chi connectivity index (χ3v) is 6.52. The summed E-state index contributed by atoms with van der Waals surface area (Å²) in [5.41, 5.74) is 0.610. The van der Waals surface area contributed by atoms with Gasteiger partial charge in [0, 0.05) is 31.4 Å². The summed E-state index contributed by atoms with van der Waals surface area (Å²) < 4.78 is 11.2.